The first-order chi connectivity index (χ1) is 9.97. The van der Waals surface area contributed by atoms with Crippen LogP contribution < -0.4 is 5.73 Å². The molecule has 0 aliphatic carbocycles. The summed E-state index contributed by atoms with van der Waals surface area (Å²) in [4.78, 5) is 11.5. The molecule has 2 aromatic carbocycles. The smallest absolute Gasteiger partial charge is 0.340 e. The summed E-state index contributed by atoms with van der Waals surface area (Å²) in [5, 5.41) is 19.2. The Morgan fingerprint density at radius 1 is 1.19 bits per heavy atom. The van der Waals surface area contributed by atoms with E-state index in [9.17, 15) is 19.4 Å². The van der Waals surface area contributed by atoms with Crippen molar-refractivity contribution in [2.75, 3.05) is 5.73 Å². The highest BCUT2D eigenvalue weighted by atomic mass is 19.1. The van der Waals surface area contributed by atoms with Crippen molar-refractivity contribution in [3.63, 3.8) is 0 Å². The molecule has 0 fully saturated rings. The van der Waals surface area contributed by atoms with Gasteiger partial charge in [0.05, 0.1) is 5.69 Å². The van der Waals surface area contributed by atoms with Crippen LogP contribution in [0, 0.1) is 5.82 Å². The normalized spacial score (nSPS) is 10.9. The lowest BCUT2D eigenvalue weighted by molar-refractivity contribution is 0.0699. The number of rotatable bonds is 2. The maximum atomic E-state index is 13.0. The molecule has 0 saturated heterocycles. The van der Waals surface area contributed by atoms with Crippen LogP contribution in [0.2, 0.25) is 0 Å². The summed E-state index contributed by atoms with van der Waals surface area (Å²) in [6.45, 7) is 0. The zero-order valence-corrected chi connectivity index (χ0v) is 10.6. The summed E-state index contributed by atoms with van der Waals surface area (Å²) in [6.07, 6.45) is 0. The van der Waals surface area contributed by atoms with Crippen LogP contribution in [0.5, 0.6) is 5.75 Å². The number of aromatic hydroxyl groups is 1. The fourth-order valence-electron chi connectivity index (χ4n) is 2.16. The van der Waals surface area contributed by atoms with Crippen molar-refractivity contribution >= 4 is 22.6 Å². The third-order valence-corrected chi connectivity index (χ3v) is 3.16. The summed E-state index contributed by atoms with van der Waals surface area (Å²) in [6, 6.07) is 7.85. The molecule has 1 heterocycles. The SMILES string of the molecule is Nc1cc2oc(-c3ccc(F)cc3)c(C(=O)O)c2cc1O. The number of phenolic OH excluding ortho intramolecular Hbond substituents is 1. The molecule has 0 spiro atoms. The van der Waals surface area contributed by atoms with Gasteiger partial charge in [-0.05, 0) is 30.3 Å². The average Bonchev–Trinajstić information content (AvgIpc) is 2.78. The van der Waals surface area contributed by atoms with Gasteiger partial charge in [0.25, 0.3) is 0 Å². The largest absolute Gasteiger partial charge is 0.506 e. The molecule has 3 aromatic rings. The first kappa shape index (κ1) is 13.0. The number of hydrogen-bond donors (Lipinski definition) is 3. The number of hydrogen-bond acceptors (Lipinski definition) is 4. The van der Waals surface area contributed by atoms with Crippen LogP contribution in [0.25, 0.3) is 22.3 Å². The van der Waals surface area contributed by atoms with Crippen LogP contribution in [-0.4, -0.2) is 16.2 Å². The molecule has 4 N–H and O–H groups in total. The number of carbonyl (C=O) groups is 1. The number of carboxylic acids is 1. The zero-order chi connectivity index (χ0) is 15.1. The van der Waals surface area contributed by atoms with Crippen LogP contribution in [0.15, 0.2) is 40.8 Å². The molecule has 0 amide bonds. The Bertz CT molecular complexity index is 852. The van der Waals surface area contributed by atoms with Gasteiger partial charge >= 0.3 is 5.97 Å². The molecule has 0 saturated carbocycles. The van der Waals surface area contributed by atoms with E-state index in [2.05, 4.69) is 0 Å². The third-order valence-electron chi connectivity index (χ3n) is 3.16. The standard InChI is InChI=1S/C15H10FNO4/c16-8-3-1-7(2-4-8)14-13(15(19)20)9-5-11(18)10(17)6-12(9)21-14/h1-6,18H,17H2,(H,19,20). The van der Waals surface area contributed by atoms with E-state index in [0.29, 0.717) is 5.56 Å². The van der Waals surface area contributed by atoms with Crippen LogP contribution in [0.4, 0.5) is 10.1 Å². The van der Waals surface area contributed by atoms with E-state index < -0.39 is 11.8 Å². The summed E-state index contributed by atoms with van der Waals surface area (Å²) in [5.41, 5.74) is 6.21. The van der Waals surface area contributed by atoms with Gasteiger partial charge in [0.2, 0.25) is 0 Å². The minimum Gasteiger partial charge on any atom is -0.506 e. The lowest BCUT2D eigenvalue weighted by Crippen LogP contribution is -1.97. The predicted molar refractivity (Wildman–Crippen MR) is 74.6 cm³/mol. The average molecular weight is 287 g/mol. The maximum absolute atomic E-state index is 13.0. The second kappa shape index (κ2) is 4.52. The molecule has 0 radical (unpaired) electrons. The molecular formula is C15H10FNO4. The van der Waals surface area contributed by atoms with Crippen molar-refractivity contribution in [2.45, 2.75) is 0 Å². The number of carboxylic acid groups (broad SMARTS) is 1. The van der Waals surface area contributed by atoms with Gasteiger partial charge in [-0.2, -0.15) is 0 Å². The number of nitrogens with two attached hydrogens (primary N) is 1. The van der Waals surface area contributed by atoms with Gasteiger partial charge in [-0.15, -0.1) is 0 Å². The molecule has 0 aliphatic heterocycles. The van der Waals surface area contributed by atoms with E-state index in [0.717, 1.165) is 0 Å². The highest BCUT2D eigenvalue weighted by Crippen LogP contribution is 2.37. The van der Waals surface area contributed by atoms with Gasteiger partial charge in [-0.3, -0.25) is 0 Å². The van der Waals surface area contributed by atoms with E-state index in [-0.39, 0.29) is 33.7 Å². The fourth-order valence-corrected chi connectivity index (χ4v) is 2.16. The number of fused-ring (bicyclic) bond motifs is 1. The van der Waals surface area contributed by atoms with Crippen LogP contribution >= 0.6 is 0 Å². The second-order valence-corrected chi connectivity index (χ2v) is 4.53. The summed E-state index contributed by atoms with van der Waals surface area (Å²) >= 11 is 0. The Labute approximate surface area is 118 Å². The van der Waals surface area contributed by atoms with Crippen LogP contribution in [-0.2, 0) is 0 Å². The number of nitrogen functional groups attached to an aromatic ring is 1. The number of benzene rings is 2. The first-order valence-electron chi connectivity index (χ1n) is 6.01. The Morgan fingerprint density at radius 3 is 2.48 bits per heavy atom. The molecule has 0 bridgehead atoms. The minimum atomic E-state index is -1.21. The van der Waals surface area contributed by atoms with Gasteiger partial charge in [0, 0.05) is 17.0 Å². The van der Waals surface area contributed by atoms with E-state index in [1.807, 2.05) is 0 Å². The van der Waals surface area contributed by atoms with Gasteiger partial charge < -0.3 is 20.4 Å². The molecule has 0 aliphatic rings. The molecule has 0 unspecified atom stereocenters. The highest BCUT2D eigenvalue weighted by Gasteiger charge is 2.22. The predicted octanol–water partition coefficient (Wildman–Crippen LogP) is 3.22. The van der Waals surface area contributed by atoms with Crippen molar-refractivity contribution in [3.8, 4) is 17.1 Å². The number of phenols is 1. The van der Waals surface area contributed by atoms with E-state index in [1.165, 1.54) is 36.4 Å². The molecule has 3 rings (SSSR count). The molecule has 5 nitrogen and oxygen atoms in total. The maximum Gasteiger partial charge on any atom is 0.340 e. The van der Waals surface area contributed by atoms with Crippen molar-refractivity contribution in [1.82, 2.24) is 0 Å². The molecule has 106 valence electrons. The van der Waals surface area contributed by atoms with Crippen molar-refractivity contribution < 1.29 is 23.8 Å². The summed E-state index contributed by atoms with van der Waals surface area (Å²) in [5.74, 6) is -1.79. The fraction of sp³-hybridized carbons (Fsp3) is 0. The molecular weight excluding hydrogens is 277 g/mol. The zero-order valence-electron chi connectivity index (χ0n) is 10.6. The van der Waals surface area contributed by atoms with E-state index >= 15 is 0 Å². The Balaban J connectivity index is 2.34. The van der Waals surface area contributed by atoms with E-state index in [1.54, 1.807) is 0 Å². The number of anilines is 1. The molecule has 6 heteroatoms. The lowest BCUT2D eigenvalue weighted by Gasteiger charge is -1.99. The lowest BCUT2D eigenvalue weighted by atomic mass is 10.1. The summed E-state index contributed by atoms with van der Waals surface area (Å²) < 4.78 is 18.5. The number of aromatic carboxylic acids is 1. The molecule has 0 atom stereocenters. The minimum absolute atomic E-state index is 0.0823. The molecule has 1 aromatic heterocycles. The second-order valence-electron chi connectivity index (χ2n) is 4.53. The van der Waals surface area contributed by atoms with Crippen molar-refractivity contribution in [2.24, 2.45) is 0 Å². The van der Waals surface area contributed by atoms with Gasteiger partial charge in [0.1, 0.15) is 28.5 Å². The quantitative estimate of drug-likeness (QED) is 0.496. The van der Waals surface area contributed by atoms with Crippen molar-refractivity contribution in [1.29, 1.82) is 0 Å². The van der Waals surface area contributed by atoms with Gasteiger partial charge in [-0.25, -0.2) is 9.18 Å². The third kappa shape index (κ3) is 2.06. The Hall–Kier alpha value is -3.02. The van der Waals surface area contributed by atoms with Crippen molar-refractivity contribution in [3.05, 3.63) is 47.8 Å². The number of furan rings is 1. The highest BCUT2D eigenvalue weighted by molar-refractivity contribution is 6.09. The van der Waals surface area contributed by atoms with Crippen LogP contribution in [0.1, 0.15) is 10.4 Å². The van der Waals surface area contributed by atoms with Crippen LogP contribution in [0.3, 0.4) is 0 Å². The molecule has 21 heavy (non-hydrogen) atoms. The van der Waals surface area contributed by atoms with E-state index in [4.69, 9.17) is 10.2 Å². The first-order valence-corrected chi connectivity index (χ1v) is 6.01. The topological polar surface area (TPSA) is 96.7 Å². The summed E-state index contributed by atoms with van der Waals surface area (Å²) in [7, 11) is 0. The Kier molecular flexibility index (Phi) is 2.79. The van der Waals surface area contributed by atoms with Gasteiger partial charge in [-0.1, -0.05) is 0 Å². The monoisotopic (exact) mass is 287 g/mol. The number of halogens is 1. The Morgan fingerprint density at radius 2 is 1.86 bits per heavy atom. The van der Waals surface area contributed by atoms with Gasteiger partial charge in [0.15, 0.2) is 0 Å².